The first-order chi connectivity index (χ1) is 20.6. The van der Waals surface area contributed by atoms with E-state index >= 15 is 0 Å². The van der Waals surface area contributed by atoms with Gasteiger partial charge in [0.15, 0.2) is 0 Å². The first-order valence-corrected chi connectivity index (χ1v) is 14.4. The van der Waals surface area contributed by atoms with Gasteiger partial charge in [-0.25, -0.2) is 4.79 Å². The molecule has 0 fully saturated rings. The highest BCUT2D eigenvalue weighted by Gasteiger charge is 2.41. The van der Waals surface area contributed by atoms with E-state index in [-0.39, 0.29) is 18.0 Å². The number of nitrogens with one attached hydrogen (secondary N) is 1. The summed E-state index contributed by atoms with van der Waals surface area (Å²) in [6.45, 7) is 5.62. The van der Waals surface area contributed by atoms with Crippen molar-refractivity contribution in [3.63, 3.8) is 0 Å². The number of carbonyl (C=O) groups is 4. The third kappa shape index (κ3) is 5.48. The fourth-order valence-corrected chi connectivity index (χ4v) is 5.92. The van der Waals surface area contributed by atoms with Gasteiger partial charge >= 0.3 is 6.09 Å². The number of amides is 3. The normalized spacial score (nSPS) is 17.7. The predicted octanol–water partition coefficient (Wildman–Crippen LogP) is 5.91. The van der Waals surface area contributed by atoms with Gasteiger partial charge in [0.05, 0.1) is 23.0 Å². The molecule has 0 aromatic heterocycles. The number of hydrogen-bond donors (Lipinski definition) is 1. The van der Waals surface area contributed by atoms with Crippen LogP contribution < -0.4 is 10.2 Å². The van der Waals surface area contributed by atoms with E-state index in [2.05, 4.69) is 5.32 Å². The van der Waals surface area contributed by atoms with Gasteiger partial charge in [0, 0.05) is 19.4 Å². The maximum absolute atomic E-state index is 14.2. The molecule has 0 saturated heterocycles. The zero-order valence-electron chi connectivity index (χ0n) is 24.4. The summed E-state index contributed by atoms with van der Waals surface area (Å²) >= 11 is 0. The lowest BCUT2D eigenvalue weighted by Crippen LogP contribution is -2.48. The van der Waals surface area contributed by atoms with Crippen molar-refractivity contribution in [3.05, 3.63) is 107 Å². The number of anilines is 2. The van der Waals surface area contributed by atoms with E-state index in [1.807, 2.05) is 66.7 Å². The van der Waals surface area contributed by atoms with Crippen LogP contribution in [-0.4, -0.2) is 46.8 Å². The average Bonchev–Trinajstić information content (AvgIpc) is 3.39. The summed E-state index contributed by atoms with van der Waals surface area (Å²) in [5.41, 5.74) is 3.33. The zero-order valence-corrected chi connectivity index (χ0v) is 24.4. The Morgan fingerprint density at radius 1 is 0.837 bits per heavy atom. The molecule has 4 aromatic carbocycles. The SMILES string of the molecule is CC(C)(C)OC(=O)N1c2ccccc2C[C@@H]1C(=O)Nc1cc2ccccc2cc1C(=O)N1Cc2ccccc2CC1C=O. The monoisotopic (exact) mass is 575 g/mol. The number of carbonyl (C=O) groups excluding carboxylic acids is 4. The average molecular weight is 576 g/mol. The molecular formula is C35H33N3O5. The van der Waals surface area contributed by atoms with Gasteiger partial charge in [-0.3, -0.25) is 14.5 Å². The Morgan fingerprint density at radius 2 is 1.47 bits per heavy atom. The number of ether oxygens (including phenoxy) is 1. The van der Waals surface area contributed by atoms with Crippen LogP contribution in [0.1, 0.15) is 47.8 Å². The van der Waals surface area contributed by atoms with Gasteiger partial charge < -0.3 is 19.7 Å². The topological polar surface area (TPSA) is 96.0 Å². The number of fused-ring (bicyclic) bond motifs is 3. The Bertz CT molecular complexity index is 1760. The second-order valence-electron chi connectivity index (χ2n) is 12.0. The highest BCUT2D eigenvalue weighted by molar-refractivity contribution is 6.11. The fourth-order valence-electron chi connectivity index (χ4n) is 5.92. The standard InChI is InChI=1S/C35H33N3O5/c1-35(2,3)43-34(42)38-30-15-9-8-13-25(30)19-31(38)32(40)36-29-18-24-12-5-4-11-23(24)17-28(29)33(41)37-20-26-14-7-6-10-22(26)16-27(37)21-39/h4-15,17-18,21,27,31H,16,19-20H2,1-3H3,(H,36,40)/t27?,31-/m1/s1. The Hall–Kier alpha value is -4.98. The summed E-state index contributed by atoms with van der Waals surface area (Å²) in [6.07, 6.45) is 0.912. The Labute approximate surface area is 250 Å². The second kappa shape index (κ2) is 11.0. The van der Waals surface area contributed by atoms with Gasteiger partial charge in [-0.15, -0.1) is 0 Å². The van der Waals surface area contributed by atoms with Crippen molar-refractivity contribution in [2.45, 2.75) is 57.8 Å². The molecule has 2 aliphatic heterocycles. The minimum atomic E-state index is -0.883. The third-order valence-electron chi connectivity index (χ3n) is 7.95. The van der Waals surface area contributed by atoms with Crippen LogP contribution in [0, 0.1) is 0 Å². The molecule has 0 bridgehead atoms. The van der Waals surface area contributed by atoms with Crippen molar-refractivity contribution in [2.75, 3.05) is 10.2 Å². The van der Waals surface area contributed by atoms with Crippen molar-refractivity contribution in [2.24, 2.45) is 0 Å². The van der Waals surface area contributed by atoms with Crippen molar-refractivity contribution in [1.29, 1.82) is 0 Å². The van der Waals surface area contributed by atoms with Gasteiger partial charge in [-0.1, -0.05) is 66.7 Å². The van der Waals surface area contributed by atoms with E-state index in [1.165, 1.54) is 4.90 Å². The maximum Gasteiger partial charge on any atom is 0.415 e. The molecule has 8 heteroatoms. The lowest BCUT2D eigenvalue weighted by molar-refractivity contribution is -0.117. The Kier molecular flexibility index (Phi) is 7.22. The molecule has 8 nitrogen and oxygen atoms in total. The van der Waals surface area contributed by atoms with Crippen LogP contribution in [0.25, 0.3) is 10.8 Å². The van der Waals surface area contributed by atoms with E-state index in [1.54, 1.807) is 43.9 Å². The molecule has 4 aromatic rings. The van der Waals surface area contributed by atoms with Crippen LogP contribution >= 0.6 is 0 Å². The maximum atomic E-state index is 14.2. The lowest BCUT2D eigenvalue weighted by Gasteiger charge is -2.34. The molecule has 43 heavy (non-hydrogen) atoms. The zero-order chi connectivity index (χ0) is 30.3. The van der Waals surface area contributed by atoms with Crippen molar-refractivity contribution < 1.29 is 23.9 Å². The Morgan fingerprint density at radius 3 is 2.16 bits per heavy atom. The van der Waals surface area contributed by atoms with E-state index in [4.69, 9.17) is 4.74 Å². The molecule has 0 radical (unpaired) electrons. The first-order valence-electron chi connectivity index (χ1n) is 14.4. The smallest absolute Gasteiger partial charge is 0.415 e. The van der Waals surface area contributed by atoms with Crippen LogP contribution in [-0.2, 0) is 33.7 Å². The van der Waals surface area contributed by atoms with Crippen molar-refractivity contribution in [3.8, 4) is 0 Å². The number of aldehydes is 1. The van der Waals surface area contributed by atoms with E-state index in [0.717, 1.165) is 33.7 Å². The van der Waals surface area contributed by atoms with E-state index in [9.17, 15) is 19.2 Å². The summed E-state index contributed by atoms with van der Waals surface area (Å²) in [5.74, 6) is -0.798. The van der Waals surface area contributed by atoms with Gasteiger partial charge in [0.25, 0.3) is 5.91 Å². The summed E-state index contributed by atoms with van der Waals surface area (Å²) < 4.78 is 5.67. The number of nitrogens with zero attached hydrogens (tertiary/aromatic N) is 2. The van der Waals surface area contributed by atoms with Crippen molar-refractivity contribution >= 4 is 46.3 Å². The second-order valence-corrected chi connectivity index (χ2v) is 12.0. The van der Waals surface area contributed by atoms with E-state index in [0.29, 0.717) is 24.2 Å². The van der Waals surface area contributed by atoms with Crippen LogP contribution in [0.2, 0.25) is 0 Å². The number of hydrogen-bond acceptors (Lipinski definition) is 5. The number of rotatable bonds is 4. The summed E-state index contributed by atoms with van der Waals surface area (Å²) in [6, 6.07) is 24.7. The van der Waals surface area contributed by atoms with Crippen LogP contribution in [0.3, 0.4) is 0 Å². The first kappa shape index (κ1) is 28.2. The molecule has 0 aliphatic carbocycles. The molecular weight excluding hydrogens is 542 g/mol. The molecule has 1 N–H and O–H groups in total. The van der Waals surface area contributed by atoms with Crippen LogP contribution in [0.15, 0.2) is 84.9 Å². The largest absolute Gasteiger partial charge is 0.443 e. The molecule has 218 valence electrons. The minimum Gasteiger partial charge on any atom is -0.443 e. The highest BCUT2D eigenvalue weighted by atomic mass is 16.6. The molecule has 1 unspecified atom stereocenters. The fraction of sp³-hybridized carbons (Fsp3) is 0.257. The molecule has 0 spiro atoms. The van der Waals surface area contributed by atoms with Gasteiger partial charge in [-0.2, -0.15) is 0 Å². The molecule has 2 atom stereocenters. The Balaban J connectivity index is 1.36. The highest BCUT2D eigenvalue weighted by Crippen LogP contribution is 2.35. The van der Waals surface area contributed by atoms with Gasteiger partial charge in [0.1, 0.15) is 17.9 Å². The number of benzene rings is 4. The summed E-state index contributed by atoms with van der Waals surface area (Å²) in [7, 11) is 0. The molecule has 2 aliphatic rings. The molecule has 3 amide bonds. The summed E-state index contributed by atoms with van der Waals surface area (Å²) in [4.78, 5) is 56.6. The molecule has 6 rings (SSSR count). The predicted molar refractivity (Wildman–Crippen MR) is 165 cm³/mol. The minimum absolute atomic E-state index is 0.276. The van der Waals surface area contributed by atoms with Crippen LogP contribution in [0.4, 0.5) is 16.2 Å². The number of para-hydroxylation sites is 1. The van der Waals surface area contributed by atoms with E-state index < -0.39 is 29.7 Å². The van der Waals surface area contributed by atoms with Gasteiger partial charge in [-0.05, 0) is 66.4 Å². The van der Waals surface area contributed by atoms with Crippen molar-refractivity contribution in [1.82, 2.24) is 4.90 Å². The lowest BCUT2D eigenvalue weighted by atomic mass is 9.93. The molecule has 0 saturated carbocycles. The molecule has 2 heterocycles. The quantitative estimate of drug-likeness (QED) is 0.305. The van der Waals surface area contributed by atoms with Gasteiger partial charge in [0.2, 0.25) is 5.91 Å². The third-order valence-corrected chi connectivity index (χ3v) is 7.95. The van der Waals surface area contributed by atoms with Crippen LogP contribution in [0.5, 0.6) is 0 Å². The summed E-state index contributed by atoms with van der Waals surface area (Å²) in [5, 5.41) is 4.64.